The second kappa shape index (κ2) is 6.81. The largest absolute Gasteiger partial charge is 0.328 e. The standard InChI is InChI=1S/C15H14Cl2FNS/c1-9(19)7-10-3-2-4-14(18)15(10)20-11-5-6-12(16)13(17)8-11/h2-6,8-9H,7,19H2,1H3. The Morgan fingerprint density at radius 3 is 2.60 bits per heavy atom. The Bertz CT molecular complexity index is 617. The fourth-order valence-corrected chi connectivity index (χ4v) is 3.19. The van der Waals surface area contributed by atoms with Crippen LogP contribution in [0, 0.1) is 5.82 Å². The molecule has 20 heavy (non-hydrogen) atoms. The molecule has 0 heterocycles. The Morgan fingerprint density at radius 1 is 1.20 bits per heavy atom. The highest BCUT2D eigenvalue weighted by Crippen LogP contribution is 2.36. The quantitative estimate of drug-likeness (QED) is 0.836. The molecule has 0 amide bonds. The van der Waals surface area contributed by atoms with E-state index in [1.165, 1.54) is 17.8 Å². The van der Waals surface area contributed by atoms with E-state index in [4.69, 9.17) is 28.9 Å². The van der Waals surface area contributed by atoms with Crippen LogP contribution in [0.2, 0.25) is 10.0 Å². The van der Waals surface area contributed by atoms with E-state index in [9.17, 15) is 4.39 Å². The molecular formula is C15H14Cl2FNS. The molecule has 1 atom stereocenters. The smallest absolute Gasteiger partial charge is 0.137 e. The van der Waals surface area contributed by atoms with E-state index in [0.29, 0.717) is 21.4 Å². The molecule has 0 bridgehead atoms. The van der Waals surface area contributed by atoms with Crippen LogP contribution in [0.25, 0.3) is 0 Å². The Labute approximate surface area is 132 Å². The first-order chi connectivity index (χ1) is 9.47. The minimum atomic E-state index is -0.251. The van der Waals surface area contributed by atoms with E-state index in [0.717, 1.165) is 10.5 Å². The lowest BCUT2D eigenvalue weighted by Gasteiger charge is -2.12. The van der Waals surface area contributed by atoms with Crippen molar-refractivity contribution in [3.63, 3.8) is 0 Å². The Hall–Kier alpha value is -0.740. The van der Waals surface area contributed by atoms with Crippen molar-refractivity contribution in [1.29, 1.82) is 0 Å². The number of benzene rings is 2. The molecule has 106 valence electrons. The normalized spacial score (nSPS) is 12.4. The number of hydrogen-bond donors (Lipinski definition) is 1. The first-order valence-corrected chi connectivity index (χ1v) is 7.70. The topological polar surface area (TPSA) is 26.0 Å². The van der Waals surface area contributed by atoms with Crippen molar-refractivity contribution in [3.8, 4) is 0 Å². The van der Waals surface area contributed by atoms with Crippen molar-refractivity contribution >= 4 is 35.0 Å². The molecule has 2 aromatic rings. The van der Waals surface area contributed by atoms with Crippen LogP contribution in [0.1, 0.15) is 12.5 Å². The molecular weight excluding hydrogens is 316 g/mol. The zero-order valence-electron chi connectivity index (χ0n) is 10.9. The summed E-state index contributed by atoms with van der Waals surface area (Å²) in [5.74, 6) is -0.251. The average molecular weight is 330 g/mol. The zero-order valence-corrected chi connectivity index (χ0v) is 13.2. The highest BCUT2D eigenvalue weighted by atomic mass is 35.5. The van der Waals surface area contributed by atoms with Crippen LogP contribution < -0.4 is 5.73 Å². The van der Waals surface area contributed by atoms with Crippen molar-refractivity contribution in [3.05, 3.63) is 57.8 Å². The Kier molecular flexibility index (Phi) is 5.33. The lowest BCUT2D eigenvalue weighted by Crippen LogP contribution is -2.18. The fraction of sp³-hybridized carbons (Fsp3) is 0.200. The molecule has 0 aliphatic carbocycles. The van der Waals surface area contributed by atoms with E-state index in [2.05, 4.69) is 0 Å². The highest BCUT2D eigenvalue weighted by Gasteiger charge is 2.12. The lowest BCUT2D eigenvalue weighted by atomic mass is 10.1. The van der Waals surface area contributed by atoms with Gasteiger partial charge in [-0.25, -0.2) is 4.39 Å². The van der Waals surface area contributed by atoms with Gasteiger partial charge in [0.1, 0.15) is 5.82 Å². The van der Waals surface area contributed by atoms with Crippen LogP contribution in [0.15, 0.2) is 46.2 Å². The van der Waals surface area contributed by atoms with E-state index in [1.54, 1.807) is 18.2 Å². The van der Waals surface area contributed by atoms with E-state index >= 15 is 0 Å². The van der Waals surface area contributed by atoms with Gasteiger partial charge in [0.2, 0.25) is 0 Å². The molecule has 0 fully saturated rings. The van der Waals surface area contributed by atoms with Gasteiger partial charge in [0.05, 0.1) is 14.9 Å². The summed E-state index contributed by atoms with van der Waals surface area (Å²) in [6.07, 6.45) is 0.626. The zero-order chi connectivity index (χ0) is 14.7. The summed E-state index contributed by atoms with van der Waals surface area (Å²) >= 11 is 13.2. The molecule has 1 nitrogen and oxygen atoms in total. The van der Waals surface area contributed by atoms with Crippen molar-refractivity contribution in [2.75, 3.05) is 0 Å². The van der Waals surface area contributed by atoms with Gasteiger partial charge in [-0.15, -0.1) is 0 Å². The second-order valence-corrected chi connectivity index (χ2v) is 6.49. The molecule has 5 heteroatoms. The van der Waals surface area contributed by atoms with Gasteiger partial charge in [0, 0.05) is 10.9 Å². The second-order valence-electron chi connectivity index (χ2n) is 4.59. The maximum atomic E-state index is 14.0. The van der Waals surface area contributed by atoms with Gasteiger partial charge in [-0.1, -0.05) is 47.1 Å². The molecule has 0 radical (unpaired) electrons. The Morgan fingerprint density at radius 2 is 1.95 bits per heavy atom. The first-order valence-electron chi connectivity index (χ1n) is 6.13. The molecule has 0 aliphatic rings. The highest BCUT2D eigenvalue weighted by molar-refractivity contribution is 7.99. The molecule has 2 aromatic carbocycles. The third kappa shape index (κ3) is 3.89. The fourth-order valence-electron chi connectivity index (χ4n) is 1.83. The third-order valence-corrected chi connectivity index (χ3v) is 4.59. The van der Waals surface area contributed by atoms with Crippen molar-refractivity contribution in [2.45, 2.75) is 29.2 Å². The average Bonchev–Trinajstić information content (AvgIpc) is 2.37. The maximum Gasteiger partial charge on any atom is 0.137 e. The van der Waals surface area contributed by atoms with Crippen LogP contribution in [0.5, 0.6) is 0 Å². The Balaban J connectivity index is 2.34. The first kappa shape index (κ1) is 15.6. The van der Waals surface area contributed by atoms with Crippen molar-refractivity contribution in [1.82, 2.24) is 0 Å². The summed E-state index contributed by atoms with van der Waals surface area (Å²) < 4.78 is 14.0. The number of nitrogens with two attached hydrogens (primary N) is 1. The number of halogens is 3. The van der Waals surface area contributed by atoms with Crippen LogP contribution in [-0.2, 0) is 6.42 Å². The van der Waals surface area contributed by atoms with Gasteiger partial charge in [-0.3, -0.25) is 0 Å². The molecule has 2 N–H and O–H groups in total. The summed E-state index contributed by atoms with van der Waals surface area (Å²) in [5, 5.41) is 0.946. The van der Waals surface area contributed by atoms with Crippen LogP contribution >= 0.6 is 35.0 Å². The maximum absolute atomic E-state index is 14.0. The lowest BCUT2D eigenvalue weighted by molar-refractivity contribution is 0.593. The summed E-state index contributed by atoms with van der Waals surface area (Å²) in [6.45, 7) is 1.90. The van der Waals surface area contributed by atoms with Gasteiger partial charge in [0.15, 0.2) is 0 Å². The third-order valence-electron chi connectivity index (χ3n) is 2.70. The van der Waals surface area contributed by atoms with Crippen LogP contribution in [0.3, 0.4) is 0 Å². The van der Waals surface area contributed by atoms with Gasteiger partial charge in [-0.2, -0.15) is 0 Å². The summed E-state index contributed by atoms with van der Waals surface area (Å²) in [4.78, 5) is 1.43. The van der Waals surface area contributed by atoms with Crippen molar-refractivity contribution in [2.24, 2.45) is 5.73 Å². The summed E-state index contributed by atoms with van der Waals surface area (Å²) in [5.41, 5.74) is 6.71. The van der Waals surface area contributed by atoms with Crippen molar-refractivity contribution < 1.29 is 4.39 Å². The summed E-state index contributed by atoms with van der Waals surface area (Å²) in [7, 11) is 0. The molecule has 1 unspecified atom stereocenters. The SMILES string of the molecule is CC(N)Cc1cccc(F)c1Sc1ccc(Cl)c(Cl)c1. The molecule has 0 aromatic heterocycles. The van der Waals surface area contributed by atoms with Crippen LogP contribution in [-0.4, -0.2) is 6.04 Å². The van der Waals surface area contributed by atoms with Gasteiger partial charge in [0.25, 0.3) is 0 Å². The van der Waals surface area contributed by atoms with Crippen LogP contribution in [0.4, 0.5) is 4.39 Å². The molecule has 0 saturated heterocycles. The van der Waals surface area contributed by atoms with E-state index < -0.39 is 0 Å². The van der Waals surface area contributed by atoms with Gasteiger partial charge >= 0.3 is 0 Å². The summed E-state index contributed by atoms with van der Waals surface area (Å²) in [6, 6.07) is 10.3. The minimum absolute atomic E-state index is 0.0232. The van der Waals surface area contributed by atoms with E-state index in [1.807, 2.05) is 19.1 Å². The van der Waals surface area contributed by atoms with Gasteiger partial charge in [-0.05, 0) is 43.2 Å². The van der Waals surface area contributed by atoms with E-state index in [-0.39, 0.29) is 11.9 Å². The molecule has 0 saturated carbocycles. The number of hydrogen-bond acceptors (Lipinski definition) is 2. The molecule has 0 spiro atoms. The predicted molar refractivity (Wildman–Crippen MR) is 84.3 cm³/mol. The monoisotopic (exact) mass is 329 g/mol. The minimum Gasteiger partial charge on any atom is -0.328 e. The predicted octanol–water partition coefficient (Wildman–Crippen LogP) is 5.17. The molecule has 2 rings (SSSR count). The van der Waals surface area contributed by atoms with Gasteiger partial charge < -0.3 is 5.73 Å². The number of rotatable bonds is 4. The molecule has 0 aliphatic heterocycles.